The molecular formula is C26H28BrN3O10. The van der Waals surface area contributed by atoms with Gasteiger partial charge in [0, 0.05) is 25.2 Å². The number of nitrogens with zero attached hydrogens (tertiary/aromatic N) is 3. The monoisotopic (exact) mass is 621 g/mol. The minimum Gasteiger partial charge on any atom is -0.465 e. The van der Waals surface area contributed by atoms with Crippen molar-refractivity contribution in [2.45, 2.75) is 32.8 Å². The van der Waals surface area contributed by atoms with Gasteiger partial charge in [-0.25, -0.2) is 14.4 Å². The van der Waals surface area contributed by atoms with Gasteiger partial charge in [0.15, 0.2) is 0 Å². The van der Waals surface area contributed by atoms with Crippen LogP contribution in [0.5, 0.6) is 0 Å². The minimum absolute atomic E-state index is 0.120. The molecule has 0 saturated carbocycles. The predicted molar refractivity (Wildman–Crippen MR) is 147 cm³/mol. The molecule has 1 aliphatic heterocycles. The van der Waals surface area contributed by atoms with Crippen molar-refractivity contribution in [1.29, 1.82) is 0 Å². The molecule has 0 unspecified atom stereocenters. The number of nitro groups is 2. The summed E-state index contributed by atoms with van der Waals surface area (Å²) in [6, 6.07) is 8.29. The first-order valence-electron chi connectivity index (χ1n) is 11.7. The van der Waals surface area contributed by atoms with E-state index in [2.05, 4.69) is 25.4 Å². The largest absolute Gasteiger partial charge is 0.465 e. The van der Waals surface area contributed by atoms with Crippen LogP contribution in [0, 0.1) is 20.2 Å². The van der Waals surface area contributed by atoms with Gasteiger partial charge in [-0.15, -0.1) is 0 Å². The molecule has 0 aromatic heterocycles. The lowest BCUT2D eigenvalue weighted by Crippen LogP contribution is -2.39. The predicted octanol–water partition coefficient (Wildman–Crippen LogP) is 5.55. The maximum absolute atomic E-state index is 12.1. The molecule has 1 heterocycles. The van der Waals surface area contributed by atoms with E-state index in [0.29, 0.717) is 29.5 Å². The number of methoxy groups -OCH3 is 2. The van der Waals surface area contributed by atoms with E-state index >= 15 is 0 Å². The van der Waals surface area contributed by atoms with Crippen LogP contribution in [0.3, 0.4) is 0 Å². The number of carbonyl (C=O) groups excluding carboxylic acids is 3. The Kier molecular flexibility index (Phi) is 10.9. The van der Waals surface area contributed by atoms with Gasteiger partial charge >= 0.3 is 18.0 Å². The van der Waals surface area contributed by atoms with Crippen molar-refractivity contribution >= 4 is 50.9 Å². The number of nitro benzene ring substituents is 2. The number of carbonyl (C=O) groups is 3. The first-order chi connectivity index (χ1) is 18.7. The van der Waals surface area contributed by atoms with E-state index in [4.69, 9.17) is 4.74 Å². The van der Waals surface area contributed by atoms with Crippen LogP contribution in [0.25, 0.3) is 5.57 Å². The van der Waals surface area contributed by atoms with E-state index in [1.807, 2.05) is 0 Å². The summed E-state index contributed by atoms with van der Waals surface area (Å²) in [6.45, 7) is 6.09. The van der Waals surface area contributed by atoms with Gasteiger partial charge in [-0.1, -0.05) is 6.08 Å². The normalized spacial score (nSPS) is 12.8. The fourth-order valence-electron chi connectivity index (χ4n) is 3.50. The zero-order valence-corrected chi connectivity index (χ0v) is 24.1. The number of halogens is 1. The Labute approximate surface area is 238 Å². The number of hydrogen-bond acceptors (Lipinski definition) is 10. The molecule has 0 saturated heterocycles. The SMILES string of the molecule is COC(=O)c1ccc(Br)c([N+](=O)[O-])c1.COC(=O)c1ccc(C2=CCN(C(=O)OC(C)(C)C)CC2)c([N+](=O)[O-])c1. The molecule has 14 heteroatoms. The van der Waals surface area contributed by atoms with E-state index in [0.717, 1.165) is 11.6 Å². The first-order valence-corrected chi connectivity index (χ1v) is 12.5. The number of ether oxygens (including phenoxy) is 3. The molecule has 2 aromatic carbocycles. The molecule has 0 radical (unpaired) electrons. The fraction of sp³-hybridized carbons (Fsp3) is 0.346. The highest BCUT2D eigenvalue weighted by molar-refractivity contribution is 9.10. The molecular weight excluding hydrogens is 594 g/mol. The van der Waals surface area contributed by atoms with Gasteiger partial charge in [0.1, 0.15) is 5.60 Å². The summed E-state index contributed by atoms with van der Waals surface area (Å²) in [7, 11) is 2.44. The average molecular weight is 622 g/mol. The van der Waals surface area contributed by atoms with Gasteiger partial charge < -0.3 is 19.1 Å². The van der Waals surface area contributed by atoms with E-state index in [1.54, 1.807) is 37.8 Å². The third kappa shape index (κ3) is 8.59. The highest BCUT2D eigenvalue weighted by Crippen LogP contribution is 2.32. The summed E-state index contributed by atoms with van der Waals surface area (Å²) in [5, 5.41) is 21.9. The summed E-state index contributed by atoms with van der Waals surface area (Å²) in [5.74, 6) is -1.23. The summed E-state index contributed by atoms with van der Waals surface area (Å²) < 4.78 is 14.7. The van der Waals surface area contributed by atoms with Gasteiger partial charge in [-0.3, -0.25) is 20.2 Å². The van der Waals surface area contributed by atoms with Crippen molar-refractivity contribution in [2.24, 2.45) is 0 Å². The molecule has 0 aliphatic carbocycles. The molecule has 2 aromatic rings. The van der Waals surface area contributed by atoms with Crippen LogP contribution in [0.15, 0.2) is 46.9 Å². The highest BCUT2D eigenvalue weighted by atomic mass is 79.9. The molecule has 3 rings (SSSR count). The topological polar surface area (TPSA) is 168 Å². The second-order valence-electron chi connectivity index (χ2n) is 9.30. The van der Waals surface area contributed by atoms with E-state index in [9.17, 15) is 34.6 Å². The summed E-state index contributed by atoms with van der Waals surface area (Å²) in [5.41, 5.74) is 0.568. The number of amides is 1. The standard InChI is InChI=1S/C18H22N2O6.C8H6BrNO4/c1-18(2,3)26-17(22)19-9-7-12(8-10-19)14-6-5-13(16(21)25-4)11-15(14)20(23)24;1-14-8(11)5-2-3-6(9)7(4-5)10(12)13/h5-7,11H,8-10H2,1-4H3;2-4H,1H3. The number of rotatable bonds is 5. The lowest BCUT2D eigenvalue weighted by atomic mass is 9.96. The number of hydrogen-bond donors (Lipinski definition) is 0. The molecule has 1 aliphatic rings. The second kappa shape index (κ2) is 13.6. The van der Waals surface area contributed by atoms with Crippen LogP contribution < -0.4 is 0 Å². The van der Waals surface area contributed by atoms with Gasteiger partial charge in [-0.05, 0) is 73.0 Å². The Morgan fingerprint density at radius 1 is 0.900 bits per heavy atom. The molecule has 0 N–H and O–H groups in total. The Hall–Kier alpha value is -4.33. The zero-order chi connectivity index (χ0) is 30.2. The van der Waals surface area contributed by atoms with Gasteiger partial charge in [0.2, 0.25) is 0 Å². The van der Waals surface area contributed by atoms with Crippen molar-refractivity contribution < 1.29 is 38.4 Å². The lowest BCUT2D eigenvalue weighted by Gasteiger charge is -2.29. The fourth-order valence-corrected chi connectivity index (χ4v) is 3.89. The van der Waals surface area contributed by atoms with Gasteiger partial charge in [0.25, 0.3) is 11.4 Å². The van der Waals surface area contributed by atoms with E-state index < -0.39 is 33.5 Å². The van der Waals surface area contributed by atoms with E-state index in [-0.39, 0.29) is 22.5 Å². The minimum atomic E-state index is -0.631. The summed E-state index contributed by atoms with van der Waals surface area (Å²) in [6.07, 6.45) is 1.81. The zero-order valence-electron chi connectivity index (χ0n) is 22.5. The van der Waals surface area contributed by atoms with E-state index in [1.165, 1.54) is 38.5 Å². The highest BCUT2D eigenvalue weighted by Gasteiger charge is 2.27. The van der Waals surface area contributed by atoms with Crippen LogP contribution in [0.1, 0.15) is 53.5 Å². The third-order valence-corrected chi connectivity index (χ3v) is 6.06. The molecule has 0 fully saturated rings. The quantitative estimate of drug-likeness (QED) is 0.178. The Morgan fingerprint density at radius 3 is 1.88 bits per heavy atom. The Bertz CT molecular complexity index is 1350. The molecule has 0 atom stereocenters. The van der Waals surface area contributed by atoms with Crippen LogP contribution in [0.2, 0.25) is 0 Å². The molecule has 0 spiro atoms. The summed E-state index contributed by atoms with van der Waals surface area (Å²) >= 11 is 3.01. The van der Waals surface area contributed by atoms with Crippen LogP contribution in [-0.2, 0) is 14.2 Å². The van der Waals surface area contributed by atoms with Crippen molar-refractivity contribution in [2.75, 3.05) is 27.3 Å². The van der Waals surface area contributed by atoms with Crippen molar-refractivity contribution in [3.8, 4) is 0 Å². The van der Waals surface area contributed by atoms with Crippen LogP contribution >= 0.6 is 15.9 Å². The van der Waals surface area contributed by atoms with Crippen molar-refractivity contribution in [3.63, 3.8) is 0 Å². The maximum Gasteiger partial charge on any atom is 0.410 e. The Morgan fingerprint density at radius 2 is 1.43 bits per heavy atom. The molecule has 0 bridgehead atoms. The molecule has 1 amide bonds. The lowest BCUT2D eigenvalue weighted by molar-refractivity contribution is -0.385. The van der Waals surface area contributed by atoms with Crippen LogP contribution in [0.4, 0.5) is 16.2 Å². The number of esters is 2. The second-order valence-corrected chi connectivity index (χ2v) is 10.2. The van der Waals surface area contributed by atoms with Crippen LogP contribution in [-0.4, -0.2) is 65.7 Å². The van der Waals surface area contributed by atoms with Crippen molar-refractivity contribution in [1.82, 2.24) is 4.90 Å². The Balaban J connectivity index is 0.000000337. The van der Waals surface area contributed by atoms with Gasteiger partial charge in [-0.2, -0.15) is 0 Å². The smallest absolute Gasteiger partial charge is 0.410 e. The summed E-state index contributed by atoms with van der Waals surface area (Å²) in [4.78, 5) is 57.1. The van der Waals surface area contributed by atoms with Gasteiger partial charge in [0.05, 0.1) is 45.2 Å². The maximum atomic E-state index is 12.1. The number of benzene rings is 2. The molecule has 40 heavy (non-hydrogen) atoms. The van der Waals surface area contributed by atoms with Crippen molar-refractivity contribution in [3.05, 3.63) is 83.9 Å². The molecule has 214 valence electrons. The third-order valence-electron chi connectivity index (χ3n) is 5.39. The molecule has 13 nitrogen and oxygen atoms in total. The first kappa shape index (κ1) is 31.9. The average Bonchev–Trinajstić information content (AvgIpc) is 2.91.